The summed E-state index contributed by atoms with van der Waals surface area (Å²) in [6, 6.07) is 9.15. The summed E-state index contributed by atoms with van der Waals surface area (Å²) in [7, 11) is 0. The van der Waals surface area contributed by atoms with Gasteiger partial charge in [-0.15, -0.1) is 0 Å². The fourth-order valence-electron chi connectivity index (χ4n) is 1.86. The summed E-state index contributed by atoms with van der Waals surface area (Å²) in [5, 5.41) is 5.54. The summed E-state index contributed by atoms with van der Waals surface area (Å²) in [6.45, 7) is 3.28. The van der Waals surface area contributed by atoms with Crippen LogP contribution >= 0.6 is 0 Å². The third-order valence-electron chi connectivity index (χ3n) is 2.77. The largest absolute Gasteiger partial charge is 0.299 e. The summed E-state index contributed by atoms with van der Waals surface area (Å²) in [5.41, 5.74) is 1.50. The van der Waals surface area contributed by atoms with E-state index in [9.17, 15) is 9.59 Å². The molecule has 2 rings (SSSR count). The second-order valence-electron chi connectivity index (χ2n) is 4.19. The normalized spacial score (nSPS) is 20.1. The number of benzene rings is 1. The Hall–Kier alpha value is -1.97. The lowest BCUT2D eigenvalue weighted by molar-refractivity contribution is -0.131. The first-order valence-corrected chi connectivity index (χ1v) is 5.53. The van der Waals surface area contributed by atoms with E-state index in [1.807, 2.05) is 25.1 Å². The van der Waals surface area contributed by atoms with Gasteiger partial charge in [-0.1, -0.05) is 18.2 Å². The number of anilines is 1. The number of ketones is 1. The quantitative estimate of drug-likeness (QED) is 0.730. The van der Waals surface area contributed by atoms with E-state index in [0.717, 1.165) is 5.71 Å². The van der Waals surface area contributed by atoms with E-state index < -0.39 is 5.92 Å². The molecule has 0 unspecified atom stereocenters. The van der Waals surface area contributed by atoms with Gasteiger partial charge in [-0.05, 0) is 26.0 Å². The number of carbonyl (C=O) groups excluding carboxylic acids is 2. The van der Waals surface area contributed by atoms with Crippen molar-refractivity contribution >= 4 is 23.1 Å². The molecule has 1 heterocycles. The Balaban J connectivity index is 2.38. The van der Waals surface area contributed by atoms with Crippen LogP contribution in [0.3, 0.4) is 0 Å². The van der Waals surface area contributed by atoms with Crippen molar-refractivity contribution < 1.29 is 9.59 Å². The lowest BCUT2D eigenvalue weighted by atomic mass is 9.96. The Morgan fingerprint density at radius 1 is 1.35 bits per heavy atom. The van der Waals surface area contributed by atoms with Gasteiger partial charge in [0.1, 0.15) is 11.7 Å². The van der Waals surface area contributed by atoms with Gasteiger partial charge in [0.2, 0.25) is 0 Å². The molecular weight excluding hydrogens is 216 g/mol. The Morgan fingerprint density at radius 3 is 2.59 bits per heavy atom. The van der Waals surface area contributed by atoms with Crippen LogP contribution in [0.25, 0.3) is 0 Å². The number of nitrogens with zero attached hydrogens (tertiary/aromatic N) is 2. The molecule has 0 saturated heterocycles. The zero-order valence-electron chi connectivity index (χ0n) is 9.88. The zero-order chi connectivity index (χ0) is 12.4. The fourth-order valence-corrected chi connectivity index (χ4v) is 1.86. The first kappa shape index (κ1) is 11.5. The minimum atomic E-state index is -0.590. The van der Waals surface area contributed by atoms with E-state index in [0.29, 0.717) is 12.1 Å². The molecule has 17 heavy (non-hydrogen) atoms. The average Bonchev–Trinajstić information content (AvgIpc) is 2.32. The van der Waals surface area contributed by atoms with Crippen LogP contribution in [-0.4, -0.2) is 17.4 Å². The minimum absolute atomic E-state index is 0.106. The molecule has 1 aliphatic heterocycles. The lowest BCUT2D eigenvalue weighted by Gasteiger charge is -2.27. The molecule has 0 spiro atoms. The molecule has 0 fully saturated rings. The molecule has 1 aromatic rings. The minimum Gasteiger partial charge on any atom is -0.299 e. The molecule has 1 amide bonds. The van der Waals surface area contributed by atoms with E-state index in [1.165, 1.54) is 11.9 Å². The molecular formula is C13H14N2O2. The van der Waals surface area contributed by atoms with Crippen LogP contribution in [-0.2, 0) is 9.59 Å². The van der Waals surface area contributed by atoms with Crippen LogP contribution in [0.2, 0.25) is 0 Å². The van der Waals surface area contributed by atoms with Gasteiger partial charge in [-0.3, -0.25) is 9.59 Å². The maximum atomic E-state index is 12.1. The number of para-hydroxylation sites is 1. The molecule has 88 valence electrons. The molecule has 0 radical (unpaired) electrons. The van der Waals surface area contributed by atoms with Crippen LogP contribution in [0.5, 0.6) is 0 Å². The third-order valence-corrected chi connectivity index (χ3v) is 2.77. The van der Waals surface area contributed by atoms with Crippen molar-refractivity contribution in [3.8, 4) is 0 Å². The highest BCUT2D eigenvalue weighted by Crippen LogP contribution is 2.23. The fraction of sp³-hybridized carbons (Fsp3) is 0.308. The Labute approximate surface area is 99.9 Å². The van der Waals surface area contributed by atoms with E-state index in [2.05, 4.69) is 5.10 Å². The number of hydrazone groups is 1. The topological polar surface area (TPSA) is 49.7 Å². The van der Waals surface area contributed by atoms with Crippen LogP contribution < -0.4 is 5.01 Å². The highest BCUT2D eigenvalue weighted by atomic mass is 16.2. The molecule has 1 atom stereocenters. The van der Waals surface area contributed by atoms with Crippen molar-refractivity contribution in [3.05, 3.63) is 30.3 Å². The van der Waals surface area contributed by atoms with Crippen molar-refractivity contribution in [3.63, 3.8) is 0 Å². The van der Waals surface area contributed by atoms with Crippen LogP contribution in [0.1, 0.15) is 20.3 Å². The SMILES string of the molecule is CC(=O)[C@@H]1CC(C)=NN(c2ccccc2)C1=O. The summed E-state index contributed by atoms with van der Waals surface area (Å²) in [6.07, 6.45) is 0.428. The number of hydrogen-bond donors (Lipinski definition) is 0. The maximum absolute atomic E-state index is 12.1. The van der Waals surface area contributed by atoms with Crippen molar-refractivity contribution in [2.24, 2.45) is 11.0 Å². The molecule has 4 nitrogen and oxygen atoms in total. The van der Waals surface area contributed by atoms with Gasteiger partial charge in [-0.25, -0.2) is 5.01 Å². The van der Waals surface area contributed by atoms with E-state index >= 15 is 0 Å². The van der Waals surface area contributed by atoms with Gasteiger partial charge in [-0.2, -0.15) is 5.10 Å². The number of Topliss-reactive ketones (excluding diaryl/α,β-unsaturated/α-hetero) is 1. The van der Waals surface area contributed by atoms with Gasteiger partial charge in [0.15, 0.2) is 0 Å². The predicted octanol–water partition coefficient (Wildman–Crippen LogP) is 2.00. The van der Waals surface area contributed by atoms with Gasteiger partial charge < -0.3 is 0 Å². The number of carbonyl (C=O) groups is 2. The van der Waals surface area contributed by atoms with Crippen molar-refractivity contribution in [2.75, 3.05) is 5.01 Å². The molecule has 0 aromatic heterocycles. The summed E-state index contributed by atoms with van der Waals surface area (Å²) in [4.78, 5) is 23.5. The summed E-state index contributed by atoms with van der Waals surface area (Å²) >= 11 is 0. The highest BCUT2D eigenvalue weighted by Gasteiger charge is 2.33. The Bertz CT molecular complexity index is 479. The number of rotatable bonds is 2. The van der Waals surface area contributed by atoms with E-state index in [4.69, 9.17) is 0 Å². The first-order chi connectivity index (χ1) is 8.09. The smallest absolute Gasteiger partial charge is 0.258 e. The van der Waals surface area contributed by atoms with Crippen molar-refractivity contribution in [2.45, 2.75) is 20.3 Å². The molecule has 1 aromatic carbocycles. The second-order valence-corrected chi connectivity index (χ2v) is 4.19. The predicted molar refractivity (Wildman–Crippen MR) is 65.8 cm³/mol. The van der Waals surface area contributed by atoms with Gasteiger partial charge in [0, 0.05) is 12.1 Å². The average molecular weight is 230 g/mol. The molecule has 0 N–H and O–H groups in total. The monoisotopic (exact) mass is 230 g/mol. The highest BCUT2D eigenvalue weighted by molar-refractivity contribution is 6.12. The number of hydrogen-bond acceptors (Lipinski definition) is 3. The molecule has 0 aliphatic carbocycles. The Kier molecular flexibility index (Phi) is 3.04. The molecule has 0 saturated carbocycles. The van der Waals surface area contributed by atoms with Crippen LogP contribution in [0.4, 0.5) is 5.69 Å². The molecule has 4 heteroatoms. The summed E-state index contributed by atoms with van der Waals surface area (Å²) < 4.78 is 0. The summed E-state index contributed by atoms with van der Waals surface area (Å²) in [5.74, 6) is -0.938. The van der Waals surface area contributed by atoms with Gasteiger partial charge in [0.05, 0.1) is 5.69 Å². The third kappa shape index (κ3) is 2.25. The standard InChI is InChI=1S/C13H14N2O2/c1-9-8-12(10(2)16)13(17)15(14-9)11-6-4-3-5-7-11/h3-7,12H,8H2,1-2H3/t12-/m0/s1. The molecule has 1 aliphatic rings. The Morgan fingerprint density at radius 2 is 2.00 bits per heavy atom. The van der Waals surface area contributed by atoms with E-state index in [1.54, 1.807) is 12.1 Å². The number of amides is 1. The van der Waals surface area contributed by atoms with Gasteiger partial charge >= 0.3 is 0 Å². The second kappa shape index (κ2) is 4.49. The zero-order valence-corrected chi connectivity index (χ0v) is 9.88. The van der Waals surface area contributed by atoms with Crippen LogP contribution in [0.15, 0.2) is 35.4 Å². The van der Waals surface area contributed by atoms with Crippen molar-refractivity contribution in [1.82, 2.24) is 0 Å². The lowest BCUT2D eigenvalue weighted by Crippen LogP contribution is -2.41. The molecule has 0 bridgehead atoms. The first-order valence-electron chi connectivity index (χ1n) is 5.53. The van der Waals surface area contributed by atoms with Crippen LogP contribution in [0, 0.1) is 5.92 Å². The maximum Gasteiger partial charge on any atom is 0.258 e. The van der Waals surface area contributed by atoms with Gasteiger partial charge in [0.25, 0.3) is 5.91 Å². The van der Waals surface area contributed by atoms with E-state index in [-0.39, 0.29) is 11.7 Å². The van der Waals surface area contributed by atoms with Crippen molar-refractivity contribution in [1.29, 1.82) is 0 Å².